The van der Waals surface area contributed by atoms with Crippen LogP contribution in [0.25, 0.3) is 0 Å². The zero-order valence-corrected chi connectivity index (χ0v) is 8.72. The quantitative estimate of drug-likeness (QED) is 0.701. The lowest BCUT2D eigenvalue weighted by Crippen LogP contribution is -2.33. The fraction of sp³-hybridized carbons (Fsp3) is 0.455. The third-order valence-electron chi connectivity index (χ3n) is 2.28. The zero-order valence-electron chi connectivity index (χ0n) is 8.72. The average molecular weight is 206 g/mol. The fourth-order valence-electron chi connectivity index (χ4n) is 1.48. The van der Waals surface area contributed by atoms with Crippen molar-refractivity contribution in [3.8, 4) is 0 Å². The topological polar surface area (TPSA) is 27.7 Å². The summed E-state index contributed by atoms with van der Waals surface area (Å²) in [6.07, 6.45) is 1.85. The Bertz CT molecular complexity index is 272. The van der Waals surface area contributed by atoms with Gasteiger partial charge in [0, 0.05) is 19.8 Å². The Labute approximate surface area is 90.5 Å². The van der Waals surface area contributed by atoms with Crippen LogP contribution in [0.1, 0.15) is 12.0 Å². The second-order valence-corrected chi connectivity index (χ2v) is 3.49. The van der Waals surface area contributed by atoms with Crippen molar-refractivity contribution in [2.45, 2.75) is 12.8 Å². The van der Waals surface area contributed by atoms with Crippen LogP contribution >= 0.6 is 0 Å². The van der Waals surface area contributed by atoms with Crippen molar-refractivity contribution in [3.05, 3.63) is 35.9 Å². The van der Waals surface area contributed by atoms with Crippen molar-refractivity contribution in [1.82, 2.24) is 0 Å². The largest absolute Gasteiger partial charge is 0.639 e. The predicted octanol–water partition coefficient (Wildman–Crippen LogP) is 1.67. The molecule has 4 heteroatoms. The van der Waals surface area contributed by atoms with Crippen LogP contribution in [0.3, 0.4) is 0 Å². The standard InChI is InChI=1S/C11H15BO3/c1-2-5-11(6-3-1)7-10-15-12-13-8-4-9-14-12/h1-3,5-6H,4,7-10H2. The van der Waals surface area contributed by atoms with Gasteiger partial charge in [-0.05, 0) is 18.4 Å². The molecule has 1 aliphatic rings. The van der Waals surface area contributed by atoms with E-state index in [1.807, 2.05) is 18.2 Å². The molecule has 1 heterocycles. The Balaban J connectivity index is 1.66. The SMILES string of the molecule is c1ccc(CCOB2OCCCO2)cc1. The van der Waals surface area contributed by atoms with Crippen molar-refractivity contribution in [2.24, 2.45) is 0 Å². The van der Waals surface area contributed by atoms with Crippen molar-refractivity contribution in [1.29, 1.82) is 0 Å². The van der Waals surface area contributed by atoms with E-state index in [9.17, 15) is 0 Å². The molecular weight excluding hydrogens is 191 g/mol. The summed E-state index contributed by atoms with van der Waals surface area (Å²) in [7, 11) is -0.456. The van der Waals surface area contributed by atoms with E-state index >= 15 is 0 Å². The fourth-order valence-corrected chi connectivity index (χ4v) is 1.48. The maximum Gasteiger partial charge on any atom is 0.639 e. The molecule has 15 heavy (non-hydrogen) atoms. The molecule has 0 bridgehead atoms. The van der Waals surface area contributed by atoms with Gasteiger partial charge < -0.3 is 14.0 Å². The molecule has 0 saturated carbocycles. The molecule has 0 spiro atoms. The summed E-state index contributed by atoms with van der Waals surface area (Å²) < 4.78 is 16.0. The second kappa shape index (κ2) is 5.90. The molecule has 0 aliphatic carbocycles. The highest BCUT2D eigenvalue weighted by Crippen LogP contribution is 2.04. The highest BCUT2D eigenvalue weighted by atomic mass is 16.7. The number of hydrogen-bond acceptors (Lipinski definition) is 3. The molecule has 0 unspecified atom stereocenters. The molecule has 0 N–H and O–H groups in total. The average Bonchev–Trinajstić information content (AvgIpc) is 2.32. The summed E-state index contributed by atoms with van der Waals surface area (Å²) in [6, 6.07) is 10.3. The Morgan fingerprint density at radius 1 is 1.13 bits per heavy atom. The van der Waals surface area contributed by atoms with Gasteiger partial charge in [0.2, 0.25) is 0 Å². The van der Waals surface area contributed by atoms with Crippen molar-refractivity contribution >= 4 is 7.32 Å². The van der Waals surface area contributed by atoms with Crippen LogP contribution in [-0.4, -0.2) is 27.1 Å². The lowest BCUT2D eigenvalue weighted by molar-refractivity contribution is 0.0538. The first-order chi connectivity index (χ1) is 7.45. The van der Waals surface area contributed by atoms with Gasteiger partial charge in [0.25, 0.3) is 0 Å². The molecule has 0 atom stereocenters. The molecular formula is C11H15BO3. The van der Waals surface area contributed by atoms with Gasteiger partial charge in [-0.1, -0.05) is 30.3 Å². The number of hydrogen-bond donors (Lipinski definition) is 0. The summed E-state index contributed by atoms with van der Waals surface area (Å²) in [5.41, 5.74) is 1.27. The van der Waals surface area contributed by atoms with Gasteiger partial charge in [-0.2, -0.15) is 0 Å². The molecule has 3 nitrogen and oxygen atoms in total. The van der Waals surface area contributed by atoms with Crippen LogP contribution in [0.5, 0.6) is 0 Å². The summed E-state index contributed by atoms with van der Waals surface area (Å²) in [5, 5.41) is 0. The van der Waals surface area contributed by atoms with Crippen LogP contribution in [0.15, 0.2) is 30.3 Å². The zero-order chi connectivity index (χ0) is 10.3. The van der Waals surface area contributed by atoms with Crippen molar-refractivity contribution in [2.75, 3.05) is 19.8 Å². The van der Waals surface area contributed by atoms with Crippen molar-refractivity contribution in [3.63, 3.8) is 0 Å². The Morgan fingerprint density at radius 2 is 1.87 bits per heavy atom. The van der Waals surface area contributed by atoms with E-state index in [1.165, 1.54) is 5.56 Å². The first kappa shape index (κ1) is 10.7. The van der Waals surface area contributed by atoms with Crippen molar-refractivity contribution < 1.29 is 14.0 Å². The minimum Gasteiger partial charge on any atom is -0.386 e. The molecule has 0 amide bonds. The first-order valence-corrected chi connectivity index (χ1v) is 5.34. The molecule has 1 aromatic rings. The van der Waals surface area contributed by atoms with Gasteiger partial charge in [0.05, 0.1) is 0 Å². The summed E-state index contributed by atoms with van der Waals surface area (Å²) >= 11 is 0. The van der Waals surface area contributed by atoms with Crippen LogP contribution in [-0.2, 0) is 20.4 Å². The van der Waals surface area contributed by atoms with E-state index in [1.54, 1.807) is 0 Å². The molecule has 2 rings (SSSR count). The van der Waals surface area contributed by atoms with E-state index in [0.29, 0.717) is 6.61 Å². The van der Waals surface area contributed by atoms with Crippen LogP contribution in [0.4, 0.5) is 0 Å². The van der Waals surface area contributed by atoms with Crippen LogP contribution in [0, 0.1) is 0 Å². The highest BCUT2D eigenvalue weighted by molar-refractivity contribution is 6.36. The Morgan fingerprint density at radius 3 is 2.60 bits per heavy atom. The maximum absolute atomic E-state index is 5.44. The molecule has 0 radical (unpaired) electrons. The summed E-state index contributed by atoms with van der Waals surface area (Å²) in [6.45, 7) is 2.10. The smallest absolute Gasteiger partial charge is 0.386 e. The van der Waals surface area contributed by atoms with Gasteiger partial charge in [-0.15, -0.1) is 0 Å². The minimum absolute atomic E-state index is 0.456. The molecule has 1 saturated heterocycles. The van der Waals surface area contributed by atoms with E-state index in [2.05, 4.69) is 12.1 Å². The third kappa shape index (κ3) is 3.66. The van der Waals surface area contributed by atoms with Crippen LogP contribution in [0.2, 0.25) is 0 Å². The van der Waals surface area contributed by atoms with Gasteiger partial charge in [-0.25, -0.2) is 0 Å². The lowest BCUT2D eigenvalue weighted by Gasteiger charge is -2.18. The molecule has 1 aliphatic heterocycles. The predicted molar refractivity (Wildman–Crippen MR) is 58.4 cm³/mol. The van der Waals surface area contributed by atoms with Gasteiger partial charge in [0.15, 0.2) is 0 Å². The second-order valence-electron chi connectivity index (χ2n) is 3.49. The van der Waals surface area contributed by atoms with Gasteiger partial charge >= 0.3 is 7.32 Å². The molecule has 1 aromatic carbocycles. The van der Waals surface area contributed by atoms with E-state index in [4.69, 9.17) is 14.0 Å². The van der Waals surface area contributed by atoms with E-state index in [-0.39, 0.29) is 0 Å². The summed E-state index contributed by atoms with van der Waals surface area (Å²) in [5.74, 6) is 0. The monoisotopic (exact) mass is 206 g/mol. The number of benzene rings is 1. The van der Waals surface area contributed by atoms with E-state index < -0.39 is 7.32 Å². The minimum atomic E-state index is -0.456. The van der Waals surface area contributed by atoms with E-state index in [0.717, 1.165) is 26.1 Å². The third-order valence-corrected chi connectivity index (χ3v) is 2.28. The number of rotatable bonds is 4. The highest BCUT2D eigenvalue weighted by Gasteiger charge is 2.23. The molecule has 80 valence electrons. The normalized spacial score (nSPS) is 16.7. The Kier molecular flexibility index (Phi) is 4.20. The maximum atomic E-state index is 5.44. The molecule has 1 fully saturated rings. The molecule has 0 aromatic heterocycles. The lowest BCUT2D eigenvalue weighted by atomic mass is 10.1. The first-order valence-electron chi connectivity index (χ1n) is 5.34. The summed E-state index contributed by atoms with van der Waals surface area (Å²) in [4.78, 5) is 0. The Hall–Kier alpha value is -0.835. The van der Waals surface area contributed by atoms with Crippen LogP contribution < -0.4 is 0 Å². The van der Waals surface area contributed by atoms with Gasteiger partial charge in [-0.3, -0.25) is 0 Å². The van der Waals surface area contributed by atoms with Gasteiger partial charge in [0.1, 0.15) is 0 Å².